The van der Waals surface area contributed by atoms with Crippen LogP contribution in [-0.4, -0.2) is 58.8 Å². The number of sulfonamides is 1. The molecule has 1 saturated heterocycles. The number of amides is 1. The molecule has 0 saturated carbocycles. The molecule has 2 aromatic carbocycles. The van der Waals surface area contributed by atoms with Gasteiger partial charge in [0.05, 0.1) is 30.4 Å². The summed E-state index contributed by atoms with van der Waals surface area (Å²) in [6.07, 6.45) is 3.13. The number of nitrogens with one attached hydrogen (secondary N) is 1. The average molecular weight is 482 g/mol. The summed E-state index contributed by atoms with van der Waals surface area (Å²) in [7, 11) is -0.514. The highest BCUT2D eigenvalue weighted by Gasteiger charge is 2.26. The van der Waals surface area contributed by atoms with Crippen molar-refractivity contribution in [3.05, 3.63) is 47.0 Å². The van der Waals surface area contributed by atoms with E-state index in [0.717, 1.165) is 12.8 Å². The van der Waals surface area contributed by atoms with Crippen LogP contribution in [0.15, 0.2) is 46.4 Å². The Labute approximate surface area is 191 Å². The molecule has 1 fully saturated rings. The normalized spacial score (nSPS) is 14.5. The van der Waals surface area contributed by atoms with Gasteiger partial charge in [-0.25, -0.2) is 8.42 Å². The van der Waals surface area contributed by atoms with Gasteiger partial charge >= 0.3 is 0 Å². The highest BCUT2D eigenvalue weighted by Crippen LogP contribution is 2.35. The maximum absolute atomic E-state index is 12.5. The first-order valence-electron chi connectivity index (χ1n) is 9.82. The summed E-state index contributed by atoms with van der Waals surface area (Å²) in [6, 6.07) is 9.31. The molecular formula is C21H24ClN3O6S. The number of nitrogens with zero attached hydrogens (tertiary/aromatic N) is 2. The molecule has 32 heavy (non-hydrogen) atoms. The number of hydrogen-bond donors (Lipinski definition) is 1. The third-order valence-corrected chi connectivity index (χ3v) is 6.96. The highest BCUT2D eigenvalue weighted by molar-refractivity contribution is 7.89. The van der Waals surface area contributed by atoms with Crippen LogP contribution in [0, 0.1) is 0 Å². The number of carbonyl (C=O) groups is 1. The van der Waals surface area contributed by atoms with Crippen LogP contribution in [0.4, 0.5) is 5.69 Å². The van der Waals surface area contributed by atoms with Gasteiger partial charge in [-0.2, -0.15) is 4.31 Å². The van der Waals surface area contributed by atoms with Crippen LogP contribution >= 0.6 is 11.6 Å². The molecule has 0 spiro atoms. The molecule has 0 radical (unpaired) electrons. The first-order valence-corrected chi connectivity index (χ1v) is 11.6. The Balaban J connectivity index is 1.52. The van der Waals surface area contributed by atoms with Crippen molar-refractivity contribution in [2.45, 2.75) is 17.7 Å². The summed E-state index contributed by atoms with van der Waals surface area (Å²) >= 11 is 6.13. The lowest BCUT2D eigenvalue weighted by molar-refractivity contribution is -0.120. The Kier molecular flexibility index (Phi) is 7.94. The molecule has 0 unspecified atom stereocenters. The Morgan fingerprint density at radius 3 is 2.47 bits per heavy atom. The van der Waals surface area contributed by atoms with Crippen LogP contribution in [0.3, 0.4) is 0 Å². The van der Waals surface area contributed by atoms with Crippen molar-refractivity contribution in [1.82, 2.24) is 4.31 Å². The molecule has 0 bridgehead atoms. The molecule has 9 nitrogen and oxygen atoms in total. The third kappa shape index (κ3) is 5.70. The third-order valence-electron chi connectivity index (χ3n) is 4.77. The predicted molar refractivity (Wildman–Crippen MR) is 121 cm³/mol. The van der Waals surface area contributed by atoms with E-state index in [1.54, 1.807) is 12.1 Å². The van der Waals surface area contributed by atoms with Crippen molar-refractivity contribution in [2.24, 2.45) is 5.16 Å². The van der Waals surface area contributed by atoms with Gasteiger partial charge in [0.2, 0.25) is 10.0 Å². The van der Waals surface area contributed by atoms with Gasteiger partial charge in [-0.05, 0) is 49.2 Å². The molecule has 1 amide bonds. The number of ether oxygens (including phenoxy) is 2. The Bertz CT molecular complexity index is 1080. The van der Waals surface area contributed by atoms with Crippen LogP contribution in [0.25, 0.3) is 0 Å². The fourth-order valence-electron chi connectivity index (χ4n) is 3.19. The second-order valence-corrected chi connectivity index (χ2v) is 9.28. The maximum Gasteiger partial charge on any atom is 0.265 e. The van der Waals surface area contributed by atoms with E-state index >= 15 is 0 Å². The van der Waals surface area contributed by atoms with E-state index in [1.165, 1.54) is 49.0 Å². The number of halogens is 1. The van der Waals surface area contributed by atoms with Crippen molar-refractivity contribution < 1.29 is 27.5 Å². The van der Waals surface area contributed by atoms with Gasteiger partial charge in [0.25, 0.3) is 5.91 Å². The van der Waals surface area contributed by atoms with E-state index in [0.29, 0.717) is 40.9 Å². The lowest BCUT2D eigenvalue weighted by Crippen LogP contribution is -2.27. The van der Waals surface area contributed by atoms with Crippen molar-refractivity contribution in [3.8, 4) is 11.5 Å². The minimum absolute atomic E-state index is 0.201. The quantitative estimate of drug-likeness (QED) is 0.435. The summed E-state index contributed by atoms with van der Waals surface area (Å²) in [5.74, 6) is 0.405. The average Bonchev–Trinajstić information content (AvgIpc) is 3.32. The van der Waals surface area contributed by atoms with Crippen molar-refractivity contribution in [2.75, 3.05) is 39.2 Å². The smallest absolute Gasteiger partial charge is 0.265 e. The summed E-state index contributed by atoms with van der Waals surface area (Å²) in [5.41, 5.74) is 1.05. The molecule has 11 heteroatoms. The monoisotopic (exact) mass is 481 g/mol. The second kappa shape index (κ2) is 10.7. The van der Waals surface area contributed by atoms with Crippen LogP contribution in [0.5, 0.6) is 11.5 Å². The van der Waals surface area contributed by atoms with Gasteiger partial charge in [-0.15, -0.1) is 0 Å². The lowest BCUT2D eigenvalue weighted by Gasteiger charge is -2.15. The number of anilines is 1. The molecule has 0 atom stereocenters. The zero-order valence-electron chi connectivity index (χ0n) is 17.7. The van der Waals surface area contributed by atoms with Crippen LogP contribution < -0.4 is 14.8 Å². The van der Waals surface area contributed by atoms with Gasteiger partial charge < -0.3 is 19.6 Å². The molecule has 0 aromatic heterocycles. The van der Waals surface area contributed by atoms with E-state index in [2.05, 4.69) is 10.5 Å². The van der Waals surface area contributed by atoms with Crippen molar-refractivity contribution >= 4 is 39.4 Å². The number of methoxy groups -OCH3 is 2. The minimum Gasteiger partial charge on any atom is -0.493 e. The molecule has 1 heterocycles. The van der Waals surface area contributed by atoms with Gasteiger partial charge in [-0.1, -0.05) is 16.8 Å². The van der Waals surface area contributed by atoms with Gasteiger partial charge in [0.1, 0.15) is 0 Å². The standard InChI is InChI=1S/C21H24ClN3O6S/c1-29-19-12-15(11-18(22)21(19)30-2)13-23-31-14-20(26)24-16-5-7-17(8-6-16)32(27,28)25-9-3-4-10-25/h5-8,11-13H,3-4,9-10,14H2,1-2H3,(H,24,26)/b23-13+. The van der Waals surface area contributed by atoms with Gasteiger partial charge in [-0.3, -0.25) is 4.79 Å². The summed E-state index contributed by atoms with van der Waals surface area (Å²) in [4.78, 5) is 17.3. The van der Waals surface area contributed by atoms with Crippen LogP contribution in [0.1, 0.15) is 18.4 Å². The molecule has 1 N–H and O–H groups in total. The Morgan fingerprint density at radius 1 is 1.16 bits per heavy atom. The number of oxime groups is 1. The Hall–Kier alpha value is -2.82. The molecular weight excluding hydrogens is 458 g/mol. The topological polar surface area (TPSA) is 107 Å². The fourth-order valence-corrected chi connectivity index (χ4v) is 5.00. The van der Waals surface area contributed by atoms with Crippen LogP contribution in [-0.2, 0) is 19.7 Å². The molecule has 2 aromatic rings. The first-order chi connectivity index (χ1) is 15.3. The van der Waals surface area contributed by atoms with E-state index in [9.17, 15) is 13.2 Å². The molecule has 3 rings (SSSR count). The zero-order valence-corrected chi connectivity index (χ0v) is 19.3. The largest absolute Gasteiger partial charge is 0.493 e. The molecule has 0 aliphatic carbocycles. The lowest BCUT2D eigenvalue weighted by atomic mass is 10.2. The highest BCUT2D eigenvalue weighted by atomic mass is 35.5. The van der Waals surface area contributed by atoms with Gasteiger partial charge in [0.15, 0.2) is 18.1 Å². The number of rotatable bonds is 9. The first kappa shape index (κ1) is 23.8. The SMILES string of the molecule is COc1cc(/C=N/OCC(=O)Nc2ccc(S(=O)(=O)N3CCCC3)cc2)cc(Cl)c1OC. The summed E-state index contributed by atoms with van der Waals surface area (Å²) < 4.78 is 36.9. The van der Waals surface area contributed by atoms with E-state index in [-0.39, 0.29) is 11.5 Å². The minimum atomic E-state index is -3.49. The molecule has 1 aliphatic heterocycles. The van der Waals surface area contributed by atoms with Crippen molar-refractivity contribution in [1.29, 1.82) is 0 Å². The fraction of sp³-hybridized carbons (Fsp3) is 0.333. The number of hydrogen-bond acceptors (Lipinski definition) is 7. The second-order valence-electron chi connectivity index (χ2n) is 6.93. The van der Waals surface area contributed by atoms with E-state index in [1.807, 2.05) is 0 Å². The Morgan fingerprint density at radius 2 is 1.84 bits per heavy atom. The number of carbonyl (C=O) groups excluding carboxylic acids is 1. The maximum atomic E-state index is 12.5. The molecule has 172 valence electrons. The predicted octanol–water partition coefficient (Wildman–Crippen LogP) is 3.13. The van der Waals surface area contributed by atoms with Crippen LogP contribution in [0.2, 0.25) is 5.02 Å². The van der Waals surface area contributed by atoms with E-state index in [4.69, 9.17) is 25.9 Å². The van der Waals surface area contributed by atoms with E-state index < -0.39 is 15.9 Å². The van der Waals surface area contributed by atoms with Gasteiger partial charge in [0, 0.05) is 24.3 Å². The summed E-state index contributed by atoms with van der Waals surface area (Å²) in [6.45, 7) is 0.744. The number of benzene rings is 2. The van der Waals surface area contributed by atoms with Crippen molar-refractivity contribution in [3.63, 3.8) is 0 Å². The summed E-state index contributed by atoms with van der Waals surface area (Å²) in [5, 5.41) is 6.74. The zero-order chi connectivity index (χ0) is 23.1. The molecule has 1 aliphatic rings.